The zero-order valence-corrected chi connectivity index (χ0v) is 10.5. The van der Waals surface area contributed by atoms with E-state index in [0.29, 0.717) is 0 Å². The number of aromatic nitrogens is 4. The number of hydrogen-bond acceptors (Lipinski definition) is 5. The van der Waals surface area contributed by atoms with E-state index in [2.05, 4.69) is 20.8 Å². The minimum absolute atomic E-state index is 0.123. The Morgan fingerprint density at radius 3 is 2.84 bits per heavy atom. The second-order valence-corrected chi connectivity index (χ2v) is 4.87. The Labute approximate surface area is 109 Å². The van der Waals surface area contributed by atoms with Gasteiger partial charge in [-0.05, 0) is 54.0 Å². The Kier molecular flexibility index (Phi) is 2.56. The Hall–Kier alpha value is -2.28. The quantitative estimate of drug-likeness (QED) is 0.830. The molecule has 7 nitrogen and oxygen atoms in total. The van der Waals surface area contributed by atoms with Crippen molar-refractivity contribution in [3.05, 3.63) is 30.1 Å². The average Bonchev–Trinajstić information content (AvgIpc) is 2.92. The van der Waals surface area contributed by atoms with E-state index in [4.69, 9.17) is 5.73 Å². The highest BCUT2D eigenvalue weighted by Crippen LogP contribution is 2.33. The van der Waals surface area contributed by atoms with Gasteiger partial charge in [-0.3, -0.25) is 4.79 Å². The number of aryl methyl sites for hydroxylation is 1. The van der Waals surface area contributed by atoms with E-state index in [1.165, 1.54) is 6.33 Å². The first-order valence-corrected chi connectivity index (χ1v) is 6.03. The number of nitrogens with zero attached hydrogens (tertiary/aromatic N) is 4. The highest BCUT2D eigenvalue weighted by atomic mass is 16.2. The lowest BCUT2D eigenvalue weighted by Gasteiger charge is -2.12. The summed E-state index contributed by atoms with van der Waals surface area (Å²) >= 11 is 0. The first-order chi connectivity index (χ1) is 9.08. The van der Waals surface area contributed by atoms with Crippen LogP contribution < -0.4 is 11.1 Å². The maximum Gasteiger partial charge on any atom is 0.244 e. The lowest BCUT2D eigenvalue weighted by molar-refractivity contribution is -0.118. The molecule has 1 heterocycles. The number of nitrogens with two attached hydrogens (primary N) is 1. The van der Waals surface area contributed by atoms with Crippen molar-refractivity contribution >= 4 is 11.6 Å². The van der Waals surface area contributed by atoms with Crippen LogP contribution in [-0.4, -0.2) is 31.7 Å². The number of hydrogen-bond donors (Lipinski definition) is 2. The average molecular weight is 258 g/mol. The van der Waals surface area contributed by atoms with Crippen molar-refractivity contribution in [2.75, 3.05) is 5.32 Å². The molecule has 1 saturated carbocycles. The van der Waals surface area contributed by atoms with Crippen molar-refractivity contribution < 1.29 is 4.79 Å². The Bertz CT molecular complexity index is 617. The summed E-state index contributed by atoms with van der Waals surface area (Å²) in [4.78, 5) is 11.8. The third-order valence-electron chi connectivity index (χ3n) is 3.29. The Morgan fingerprint density at radius 2 is 2.26 bits per heavy atom. The molecule has 3 N–H and O–H groups in total. The van der Waals surface area contributed by atoms with Gasteiger partial charge in [0.1, 0.15) is 6.33 Å². The largest absolute Gasteiger partial charge is 0.324 e. The van der Waals surface area contributed by atoms with Gasteiger partial charge < -0.3 is 11.1 Å². The minimum Gasteiger partial charge on any atom is -0.324 e. The number of tetrazole rings is 1. The Morgan fingerprint density at radius 1 is 1.47 bits per heavy atom. The molecule has 1 fully saturated rings. The van der Waals surface area contributed by atoms with Gasteiger partial charge in [0.05, 0.1) is 11.2 Å². The predicted molar refractivity (Wildman–Crippen MR) is 68.7 cm³/mol. The summed E-state index contributed by atoms with van der Waals surface area (Å²) in [6.45, 7) is 1.93. The van der Waals surface area contributed by atoms with Gasteiger partial charge >= 0.3 is 0 Å². The van der Waals surface area contributed by atoms with Crippen molar-refractivity contribution in [2.45, 2.75) is 25.3 Å². The second kappa shape index (κ2) is 4.13. The number of nitrogens with one attached hydrogen (secondary N) is 1. The van der Waals surface area contributed by atoms with Crippen LogP contribution in [0.15, 0.2) is 24.5 Å². The molecular weight excluding hydrogens is 244 g/mol. The van der Waals surface area contributed by atoms with Crippen LogP contribution in [0.3, 0.4) is 0 Å². The smallest absolute Gasteiger partial charge is 0.244 e. The molecule has 0 bridgehead atoms. The van der Waals surface area contributed by atoms with E-state index >= 15 is 0 Å². The van der Waals surface area contributed by atoms with Gasteiger partial charge in [0, 0.05) is 5.69 Å². The molecule has 0 aliphatic heterocycles. The fraction of sp³-hybridized carbons (Fsp3) is 0.333. The summed E-state index contributed by atoms with van der Waals surface area (Å²) in [6.07, 6.45) is 3.03. The molecule has 7 heteroatoms. The van der Waals surface area contributed by atoms with Crippen LogP contribution in [0.25, 0.3) is 5.69 Å². The monoisotopic (exact) mass is 258 g/mol. The van der Waals surface area contributed by atoms with Crippen LogP contribution in [0.5, 0.6) is 0 Å². The first kappa shape index (κ1) is 11.8. The van der Waals surface area contributed by atoms with Crippen LogP contribution in [-0.2, 0) is 4.79 Å². The first-order valence-electron chi connectivity index (χ1n) is 6.03. The van der Waals surface area contributed by atoms with E-state index in [1.807, 2.05) is 25.1 Å². The maximum absolute atomic E-state index is 11.8. The molecule has 0 radical (unpaired) electrons. The molecule has 1 aromatic heterocycles. The van der Waals surface area contributed by atoms with Gasteiger partial charge in [-0.1, -0.05) is 0 Å². The van der Waals surface area contributed by atoms with Gasteiger partial charge in [-0.15, -0.1) is 5.10 Å². The fourth-order valence-electron chi connectivity index (χ4n) is 1.88. The molecule has 98 valence electrons. The SMILES string of the molecule is Cc1cc(NC(=O)C2(N)CC2)ccc1-n1cnnn1. The Balaban J connectivity index is 1.82. The minimum atomic E-state index is -0.664. The number of anilines is 1. The zero-order chi connectivity index (χ0) is 13.5. The summed E-state index contributed by atoms with van der Waals surface area (Å²) in [5.74, 6) is -0.123. The number of carbonyl (C=O) groups excluding carboxylic acids is 1. The number of benzene rings is 1. The summed E-state index contributed by atoms with van der Waals surface area (Å²) in [5, 5.41) is 13.9. The second-order valence-electron chi connectivity index (χ2n) is 4.87. The third kappa shape index (κ3) is 2.19. The molecule has 1 aromatic carbocycles. The summed E-state index contributed by atoms with van der Waals surface area (Å²) < 4.78 is 1.58. The van der Waals surface area contributed by atoms with E-state index in [9.17, 15) is 4.79 Å². The van der Waals surface area contributed by atoms with Crippen molar-refractivity contribution in [1.29, 1.82) is 0 Å². The van der Waals surface area contributed by atoms with Crippen molar-refractivity contribution in [2.24, 2.45) is 5.73 Å². The molecule has 1 aliphatic rings. The molecule has 1 amide bonds. The number of amides is 1. The van der Waals surface area contributed by atoms with Gasteiger partial charge in [0.2, 0.25) is 5.91 Å². The van der Waals surface area contributed by atoms with Crippen LogP contribution in [0, 0.1) is 6.92 Å². The van der Waals surface area contributed by atoms with Gasteiger partial charge in [-0.2, -0.15) is 0 Å². The van der Waals surface area contributed by atoms with Gasteiger partial charge in [0.25, 0.3) is 0 Å². The summed E-state index contributed by atoms with van der Waals surface area (Å²) in [6, 6.07) is 5.55. The molecule has 2 aromatic rings. The van der Waals surface area contributed by atoms with Crippen molar-refractivity contribution in [1.82, 2.24) is 20.2 Å². The van der Waals surface area contributed by atoms with Crippen LogP contribution >= 0.6 is 0 Å². The molecule has 3 rings (SSSR count). The van der Waals surface area contributed by atoms with E-state index in [1.54, 1.807) is 4.68 Å². The van der Waals surface area contributed by atoms with E-state index in [0.717, 1.165) is 29.8 Å². The van der Waals surface area contributed by atoms with Crippen molar-refractivity contribution in [3.63, 3.8) is 0 Å². The number of rotatable bonds is 3. The van der Waals surface area contributed by atoms with Crippen LogP contribution in [0.1, 0.15) is 18.4 Å². The third-order valence-corrected chi connectivity index (χ3v) is 3.29. The highest BCUT2D eigenvalue weighted by molar-refractivity contribution is 6.00. The standard InChI is InChI=1S/C12H14N6O/c1-8-6-9(15-11(19)12(13)4-5-12)2-3-10(8)18-7-14-16-17-18/h2-3,6-7H,4-5,13H2,1H3,(H,15,19). The fourth-order valence-corrected chi connectivity index (χ4v) is 1.88. The molecule has 0 atom stereocenters. The maximum atomic E-state index is 11.8. The molecule has 0 unspecified atom stereocenters. The normalized spacial score (nSPS) is 16.1. The number of carbonyl (C=O) groups is 1. The zero-order valence-electron chi connectivity index (χ0n) is 10.5. The van der Waals surface area contributed by atoms with E-state index in [-0.39, 0.29) is 5.91 Å². The lowest BCUT2D eigenvalue weighted by Crippen LogP contribution is -2.37. The molecule has 0 spiro atoms. The summed E-state index contributed by atoms with van der Waals surface area (Å²) in [7, 11) is 0. The topological polar surface area (TPSA) is 98.7 Å². The van der Waals surface area contributed by atoms with Crippen LogP contribution in [0.4, 0.5) is 5.69 Å². The van der Waals surface area contributed by atoms with Gasteiger partial charge in [-0.25, -0.2) is 4.68 Å². The van der Waals surface area contributed by atoms with E-state index < -0.39 is 5.54 Å². The molecular formula is C12H14N6O. The highest BCUT2D eigenvalue weighted by Gasteiger charge is 2.45. The van der Waals surface area contributed by atoms with Crippen LogP contribution in [0.2, 0.25) is 0 Å². The molecule has 0 saturated heterocycles. The summed E-state index contributed by atoms with van der Waals surface area (Å²) in [5.41, 5.74) is 7.75. The predicted octanol–water partition coefficient (Wildman–Crippen LogP) is 0.401. The van der Waals surface area contributed by atoms with Gasteiger partial charge in [0.15, 0.2) is 0 Å². The molecule has 19 heavy (non-hydrogen) atoms. The lowest BCUT2D eigenvalue weighted by atomic mass is 10.1. The van der Waals surface area contributed by atoms with Crippen molar-refractivity contribution in [3.8, 4) is 5.69 Å². The molecule has 1 aliphatic carbocycles.